The monoisotopic (exact) mass is 726 g/mol. The molecule has 0 radical (unpaired) electrons. The largest absolute Gasteiger partial charge is 0.423 e. The van der Waals surface area contributed by atoms with E-state index in [0.29, 0.717) is 40.9 Å². The van der Waals surface area contributed by atoms with E-state index < -0.39 is 22.1 Å². The number of aryl methyl sites for hydroxylation is 1. The average Bonchev–Trinajstić information content (AvgIpc) is 3.79. The molecule has 5 rings (SSSR count). The Labute approximate surface area is 302 Å². The van der Waals surface area contributed by atoms with E-state index >= 15 is 0 Å². The number of hydrogen-bond acceptors (Lipinski definition) is 12. The number of aromatic nitrogens is 2. The van der Waals surface area contributed by atoms with Gasteiger partial charge in [-0.3, -0.25) is 0 Å². The SMILES string of the molecule is CCCCc1ncc(/C=C(\Cc2cccs2)C(=O)Oc2ccc(CO[N+](=O)[O-])cc2)n1Cc1ccc(C(=O)Oc2ccc(CO[N+](=O)[O-])cc2)cc1. The minimum absolute atomic E-state index is 0.209. The van der Waals surface area contributed by atoms with E-state index in [0.717, 1.165) is 35.5 Å². The minimum Gasteiger partial charge on any atom is -0.423 e. The van der Waals surface area contributed by atoms with Crippen LogP contribution in [0.15, 0.2) is 102 Å². The summed E-state index contributed by atoms with van der Waals surface area (Å²) in [7, 11) is 0. The quantitative estimate of drug-likeness (QED) is 0.0293. The first-order valence-electron chi connectivity index (χ1n) is 16.2. The number of benzene rings is 3. The summed E-state index contributed by atoms with van der Waals surface area (Å²) < 4.78 is 13.2. The van der Waals surface area contributed by atoms with E-state index in [4.69, 9.17) is 14.5 Å². The van der Waals surface area contributed by atoms with E-state index in [1.807, 2.05) is 34.2 Å². The van der Waals surface area contributed by atoms with Crippen molar-refractivity contribution in [2.45, 2.75) is 52.4 Å². The summed E-state index contributed by atoms with van der Waals surface area (Å²) in [6.07, 6.45) is 6.45. The van der Waals surface area contributed by atoms with E-state index in [2.05, 4.69) is 16.6 Å². The highest BCUT2D eigenvalue weighted by Gasteiger charge is 2.18. The first kappa shape index (κ1) is 36.9. The Kier molecular flexibility index (Phi) is 12.8. The van der Waals surface area contributed by atoms with Crippen LogP contribution in [0.25, 0.3) is 6.08 Å². The van der Waals surface area contributed by atoms with Crippen molar-refractivity contribution < 1.29 is 38.9 Å². The molecule has 0 N–H and O–H groups in total. The molecule has 5 aromatic rings. The van der Waals surface area contributed by atoms with Crippen LogP contribution in [-0.2, 0) is 47.1 Å². The molecule has 0 unspecified atom stereocenters. The molecule has 14 nitrogen and oxygen atoms in total. The molecule has 0 aliphatic carbocycles. The lowest BCUT2D eigenvalue weighted by molar-refractivity contribution is -0.763. The number of ether oxygens (including phenoxy) is 2. The third-order valence-corrected chi connectivity index (χ3v) is 8.60. The maximum Gasteiger partial charge on any atom is 0.343 e. The zero-order valence-corrected chi connectivity index (χ0v) is 28.9. The van der Waals surface area contributed by atoms with Crippen LogP contribution in [0.3, 0.4) is 0 Å². The van der Waals surface area contributed by atoms with Crippen molar-refractivity contribution in [3.63, 3.8) is 0 Å². The summed E-state index contributed by atoms with van der Waals surface area (Å²) in [5.41, 5.74) is 3.44. The fraction of sp³-hybridized carbons (Fsp3) is 0.216. The fourth-order valence-corrected chi connectivity index (χ4v) is 5.78. The second-order valence-electron chi connectivity index (χ2n) is 11.5. The van der Waals surface area contributed by atoms with Gasteiger partial charge < -0.3 is 23.7 Å². The first-order chi connectivity index (χ1) is 25.2. The molecule has 0 atom stereocenters. The van der Waals surface area contributed by atoms with Gasteiger partial charge in [0, 0.05) is 29.8 Å². The smallest absolute Gasteiger partial charge is 0.343 e. The van der Waals surface area contributed by atoms with Crippen LogP contribution in [0.2, 0.25) is 0 Å². The van der Waals surface area contributed by atoms with Gasteiger partial charge in [0.1, 0.15) is 30.5 Å². The Morgan fingerprint density at radius 1 is 0.827 bits per heavy atom. The Balaban J connectivity index is 1.33. The van der Waals surface area contributed by atoms with Crippen LogP contribution in [0.1, 0.15) is 63.2 Å². The molecule has 0 amide bonds. The van der Waals surface area contributed by atoms with Crippen molar-refractivity contribution in [3.8, 4) is 11.5 Å². The van der Waals surface area contributed by atoms with E-state index in [9.17, 15) is 29.8 Å². The van der Waals surface area contributed by atoms with E-state index in [-0.39, 0.29) is 24.7 Å². The predicted molar refractivity (Wildman–Crippen MR) is 189 cm³/mol. The van der Waals surface area contributed by atoms with Gasteiger partial charge in [-0.1, -0.05) is 55.8 Å². The summed E-state index contributed by atoms with van der Waals surface area (Å²) >= 11 is 1.52. The van der Waals surface area contributed by atoms with Crippen LogP contribution in [-0.4, -0.2) is 31.7 Å². The van der Waals surface area contributed by atoms with Gasteiger partial charge in [-0.25, -0.2) is 14.6 Å². The second-order valence-corrected chi connectivity index (χ2v) is 12.5. The van der Waals surface area contributed by atoms with Crippen LogP contribution < -0.4 is 9.47 Å². The number of thiophene rings is 1. The maximum atomic E-state index is 13.6. The van der Waals surface area contributed by atoms with Crippen molar-refractivity contribution in [2.75, 3.05) is 0 Å². The zero-order valence-electron chi connectivity index (χ0n) is 28.0. The van der Waals surface area contributed by atoms with Crippen LogP contribution >= 0.6 is 11.3 Å². The number of hydrogen-bond donors (Lipinski definition) is 0. The number of carbonyl (C=O) groups is 2. The number of esters is 2. The first-order valence-corrected chi connectivity index (χ1v) is 17.1. The van der Waals surface area contributed by atoms with Crippen molar-refractivity contribution >= 4 is 29.4 Å². The summed E-state index contributed by atoms with van der Waals surface area (Å²) in [6.45, 7) is 2.09. The zero-order chi connectivity index (χ0) is 36.9. The predicted octanol–water partition coefficient (Wildman–Crippen LogP) is 7.20. The summed E-state index contributed by atoms with van der Waals surface area (Å²) in [6, 6.07) is 23.4. The lowest BCUT2D eigenvalue weighted by Crippen LogP contribution is -2.14. The van der Waals surface area contributed by atoms with E-state index in [1.165, 1.54) is 23.5 Å². The molecular formula is C37H34N4O10S. The van der Waals surface area contributed by atoms with Gasteiger partial charge in [-0.2, -0.15) is 0 Å². The molecule has 0 fully saturated rings. The topological polar surface area (TPSA) is 175 Å². The van der Waals surface area contributed by atoms with E-state index in [1.54, 1.807) is 60.8 Å². The molecule has 2 heterocycles. The summed E-state index contributed by atoms with van der Waals surface area (Å²) in [5.74, 6) is 0.299. The molecular weight excluding hydrogens is 692 g/mol. The van der Waals surface area contributed by atoms with Crippen LogP contribution in [0.4, 0.5) is 0 Å². The number of imidazole rings is 1. The van der Waals surface area contributed by atoms with Crippen molar-refractivity contribution in [2.24, 2.45) is 0 Å². The number of rotatable bonds is 18. The lowest BCUT2D eigenvalue weighted by atomic mass is 10.1. The average molecular weight is 727 g/mol. The molecule has 2 aromatic heterocycles. The lowest BCUT2D eigenvalue weighted by Gasteiger charge is -2.13. The number of unbranched alkanes of at least 4 members (excludes halogenated alkanes) is 1. The highest BCUT2D eigenvalue weighted by atomic mass is 32.1. The molecule has 52 heavy (non-hydrogen) atoms. The molecule has 268 valence electrons. The molecule has 0 spiro atoms. The molecule has 0 aliphatic rings. The molecule has 0 bridgehead atoms. The Bertz CT molecular complexity index is 2010. The van der Waals surface area contributed by atoms with Gasteiger partial charge in [-0.05, 0) is 77.0 Å². The standard InChI is InChI=1S/C37H34N4O10S/c1-2-3-6-35-38-22-31(20-30(21-34-5-4-19-52-34)37(43)51-33-17-11-28(12-18-33)25-49-41(46)47)39(35)23-26-7-13-29(14-8-26)36(42)50-32-15-9-27(10-16-32)24-48-40(44)45/h4-5,7-20,22H,2-3,6,21,23-25H2,1H3/b30-20+. The molecule has 3 aromatic carbocycles. The third-order valence-electron chi connectivity index (χ3n) is 7.72. The molecule has 0 saturated heterocycles. The fourth-order valence-electron chi connectivity index (χ4n) is 5.05. The highest BCUT2D eigenvalue weighted by Crippen LogP contribution is 2.23. The number of carbonyl (C=O) groups excluding carboxylic acids is 2. The van der Waals surface area contributed by atoms with Crippen molar-refractivity contribution in [3.05, 3.63) is 161 Å². The Morgan fingerprint density at radius 2 is 1.42 bits per heavy atom. The summed E-state index contributed by atoms with van der Waals surface area (Å²) in [4.78, 5) is 61.8. The van der Waals surface area contributed by atoms with Gasteiger partial charge in [0.05, 0.1) is 17.5 Å². The van der Waals surface area contributed by atoms with Crippen LogP contribution in [0.5, 0.6) is 11.5 Å². The van der Waals surface area contributed by atoms with Gasteiger partial charge >= 0.3 is 11.9 Å². The van der Waals surface area contributed by atoms with Gasteiger partial charge in [0.2, 0.25) is 0 Å². The van der Waals surface area contributed by atoms with Gasteiger partial charge in [-0.15, -0.1) is 31.6 Å². The maximum absolute atomic E-state index is 13.6. The van der Waals surface area contributed by atoms with Gasteiger partial charge in [0.25, 0.3) is 10.2 Å². The van der Waals surface area contributed by atoms with Gasteiger partial charge in [0.15, 0.2) is 0 Å². The highest BCUT2D eigenvalue weighted by molar-refractivity contribution is 7.09. The van der Waals surface area contributed by atoms with Crippen molar-refractivity contribution in [1.82, 2.24) is 9.55 Å². The summed E-state index contributed by atoms with van der Waals surface area (Å²) in [5, 5.41) is 21.1. The second kappa shape index (κ2) is 18.1. The number of nitrogens with zero attached hydrogens (tertiary/aromatic N) is 4. The third kappa shape index (κ3) is 10.8. The molecule has 0 saturated carbocycles. The Morgan fingerprint density at radius 3 is 1.98 bits per heavy atom. The molecule has 0 aliphatic heterocycles. The van der Waals surface area contributed by atoms with Crippen molar-refractivity contribution in [1.29, 1.82) is 0 Å². The molecule has 15 heteroatoms. The normalized spacial score (nSPS) is 11.1. The van der Waals surface area contributed by atoms with Crippen LogP contribution in [0, 0.1) is 20.2 Å². The Hall–Kier alpha value is -6.35. The minimum atomic E-state index is -0.874.